The first kappa shape index (κ1) is 24.5. The number of nitrogens with zero attached hydrogens (tertiary/aromatic N) is 2. The Hall–Kier alpha value is -3.19. The van der Waals surface area contributed by atoms with Gasteiger partial charge in [0.25, 0.3) is 5.56 Å². The van der Waals surface area contributed by atoms with E-state index < -0.39 is 5.82 Å². The average molecular weight is 454 g/mol. The lowest BCUT2D eigenvalue weighted by molar-refractivity contribution is -0.122. The van der Waals surface area contributed by atoms with Crippen LogP contribution in [-0.4, -0.2) is 48.7 Å². The van der Waals surface area contributed by atoms with Crippen molar-refractivity contribution in [3.8, 4) is 17.0 Å². The molecule has 7 heteroatoms. The fourth-order valence-electron chi connectivity index (χ4n) is 3.89. The summed E-state index contributed by atoms with van der Waals surface area (Å²) in [6, 6.07) is 13.1. The van der Waals surface area contributed by atoms with Crippen LogP contribution < -0.4 is 15.6 Å². The van der Waals surface area contributed by atoms with E-state index in [0.717, 1.165) is 6.54 Å². The summed E-state index contributed by atoms with van der Waals surface area (Å²) < 4.78 is 21.3. The van der Waals surface area contributed by atoms with Gasteiger partial charge in [-0.15, -0.1) is 0 Å². The van der Waals surface area contributed by atoms with E-state index in [-0.39, 0.29) is 24.1 Å². The lowest BCUT2D eigenvalue weighted by atomic mass is 10.1. The molecule has 0 spiro atoms. The van der Waals surface area contributed by atoms with Gasteiger partial charge < -0.3 is 15.0 Å². The zero-order valence-electron chi connectivity index (χ0n) is 19.9. The van der Waals surface area contributed by atoms with E-state index in [2.05, 4.69) is 17.1 Å². The van der Waals surface area contributed by atoms with Gasteiger partial charge in [0, 0.05) is 24.1 Å². The third-order valence-corrected chi connectivity index (χ3v) is 5.17. The number of nitrogens with one attached hydrogen (secondary N) is 1. The van der Waals surface area contributed by atoms with E-state index in [9.17, 15) is 14.0 Å². The van der Waals surface area contributed by atoms with E-state index in [1.54, 1.807) is 18.2 Å². The van der Waals surface area contributed by atoms with Crippen molar-refractivity contribution in [1.29, 1.82) is 0 Å². The number of hydrogen-bond donors (Lipinski definition) is 1. The topological polar surface area (TPSA) is 63.6 Å². The molecule has 33 heavy (non-hydrogen) atoms. The summed E-state index contributed by atoms with van der Waals surface area (Å²) in [5.41, 5.74) is 0.695. The number of halogens is 1. The summed E-state index contributed by atoms with van der Waals surface area (Å²) in [6.07, 6.45) is 0. The van der Waals surface area contributed by atoms with Crippen LogP contribution in [0.5, 0.6) is 5.75 Å². The Kier molecular flexibility index (Phi) is 7.87. The predicted molar refractivity (Wildman–Crippen MR) is 130 cm³/mol. The molecule has 1 N–H and O–H groups in total. The van der Waals surface area contributed by atoms with Crippen LogP contribution >= 0.6 is 0 Å². The molecule has 2 aromatic carbocycles. The summed E-state index contributed by atoms with van der Waals surface area (Å²) in [6.45, 7) is 7.07. The van der Waals surface area contributed by atoms with Gasteiger partial charge in [-0.3, -0.25) is 14.2 Å². The van der Waals surface area contributed by atoms with Gasteiger partial charge in [0.1, 0.15) is 18.1 Å². The Morgan fingerprint density at radius 3 is 2.55 bits per heavy atom. The van der Waals surface area contributed by atoms with Crippen molar-refractivity contribution in [3.63, 3.8) is 0 Å². The first-order chi connectivity index (χ1) is 15.6. The molecule has 0 radical (unpaired) electrons. The maximum Gasteiger partial charge on any atom is 0.259 e. The molecule has 3 aromatic rings. The molecule has 0 saturated carbocycles. The molecule has 1 aromatic heterocycles. The van der Waals surface area contributed by atoms with Gasteiger partial charge in [0.15, 0.2) is 0 Å². The molecule has 1 atom stereocenters. The second-order valence-corrected chi connectivity index (χ2v) is 9.08. The highest BCUT2D eigenvalue weighted by atomic mass is 19.1. The Labute approximate surface area is 194 Å². The van der Waals surface area contributed by atoms with Gasteiger partial charge in [-0.05, 0) is 63.7 Å². The van der Waals surface area contributed by atoms with Crippen molar-refractivity contribution >= 4 is 16.7 Å². The normalized spacial score (nSPS) is 12.4. The maximum absolute atomic E-state index is 13.9. The van der Waals surface area contributed by atoms with Crippen LogP contribution in [0.4, 0.5) is 4.39 Å². The van der Waals surface area contributed by atoms with Crippen molar-refractivity contribution in [1.82, 2.24) is 14.8 Å². The Morgan fingerprint density at radius 2 is 1.88 bits per heavy atom. The third kappa shape index (κ3) is 6.42. The fraction of sp³-hybridized carbons (Fsp3) is 0.385. The van der Waals surface area contributed by atoms with Gasteiger partial charge in [-0.25, -0.2) is 4.39 Å². The van der Waals surface area contributed by atoms with Gasteiger partial charge in [-0.1, -0.05) is 25.1 Å². The minimum Gasteiger partial charge on any atom is -0.493 e. The molecule has 3 rings (SSSR count). The maximum atomic E-state index is 13.9. The van der Waals surface area contributed by atoms with Crippen LogP contribution in [0.3, 0.4) is 0 Å². The van der Waals surface area contributed by atoms with Gasteiger partial charge in [0.05, 0.1) is 17.7 Å². The summed E-state index contributed by atoms with van der Waals surface area (Å²) in [5, 5.41) is 3.97. The molecule has 0 unspecified atom stereocenters. The number of pyridine rings is 1. The zero-order valence-corrected chi connectivity index (χ0v) is 19.9. The standard InChI is InChI=1S/C26H32FN3O3/c1-17(2)28-25(31)15-30-24(20-7-6-8-21(27)11-20)12-19-9-10-22(13-23(19)26(30)32)33-16-18(3)14-29(4)5/h6-13,17-18H,14-16H2,1-5H3,(H,28,31)/t18-/m0/s1. The molecule has 0 saturated heterocycles. The van der Waals surface area contributed by atoms with Crippen molar-refractivity contribution in [3.05, 3.63) is 64.7 Å². The molecule has 0 aliphatic heterocycles. The highest BCUT2D eigenvalue weighted by molar-refractivity contribution is 5.87. The molecular weight excluding hydrogens is 421 g/mol. The largest absolute Gasteiger partial charge is 0.493 e. The van der Waals surface area contributed by atoms with E-state index in [0.29, 0.717) is 40.3 Å². The zero-order chi connectivity index (χ0) is 24.1. The monoisotopic (exact) mass is 453 g/mol. The van der Waals surface area contributed by atoms with E-state index in [1.165, 1.54) is 16.7 Å². The van der Waals surface area contributed by atoms with Crippen molar-refractivity contribution in [2.75, 3.05) is 27.2 Å². The lowest BCUT2D eigenvalue weighted by Crippen LogP contribution is -2.36. The SMILES string of the molecule is CC(C)NC(=O)Cn1c(-c2cccc(F)c2)cc2ccc(OC[C@@H](C)CN(C)C)cc2c1=O. The quantitative estimate of drug-likeness (QED) is 0.534. The first-order valence-corrected chi connectivity index (χ1v) is 11.1. The Morgan fingerprint density at radius 1 is 1.12 bits per heavy atom. The molecule has 0 aliphatic rings. The molecule has 1 heterocycles. The first-order valence-electron chi connectivity index (χ1n) is 11.1. The van der Waals surface area contributed by atoms with Crippen LogP contribution in [0.15, 0.2) is 53.3 Å². The Balaban J connectivity index is 2.04. The van der Waals surface area contributed by atoms with Crippen LogP contribution in [-0.2, 0) is 11.3 Å². The van der Waals surface area contributed by atoms with Crippen LogP contribution in [0.1, 0.15) is 20.8 Å². The molecule has 6 nitrogen and oxygen atoms in total. The molecule has 1 amide bonds. The molecule has 0 fully saturated rings. The number of ether oxygens (including phenoxy) is 1. The van der Waals surface area contributed by atoms with Crippen LogP contribution in [0.2, 0.25) is 0 Å². The van der Waals surface area contributed by atoms with E-state index in [1.807, 2.05) is 46.1 Å². The molecule has 0 bridgehead atoms. The van der Waals surface area contributed by atoms with E-state index >= 15 is 0 Å². The van der Waals surface area contributed by atoms with Crippen molar-refractivity contribution < 1.29 is 13.9 Å². The van der Waals surface area contributed by atoms with Crippen LogP contribution in [0, 0.1) is 11.7 Å². The molecule has 176 valence electrons. The third-order valence-electron chi connectivity index (χ3n) is 5.17. The molecule has 0 aliphatic carbocycles. The number of carbonyl (C=O) groups excluding carboxylic acids is 1. The minimum absolute atomic E-state index is 0.0598. The molecular formula is C26H32FN3O3. The summed E-state index contributed by atoms with van der Waals surface area (Å²) in [4.78, 5) is 28.1. The number of benzene rings is 2. The van der Waals surface area contributed by atoms with Gasteiger partial charge >= 0.3 is 0 Å². The summed E-state index contributed by atoms with van der Waals surface area (Å²) in [5.74, 6) is 0.229. The number of fused-ring (bicyclic) bond motifs is 1. The fourth-order valence-corrected chi connectivity index (χ4v) is 3.89. The number of rotatable bonds is 9. The highest BCUT2D eigenvalue weighted by Gasteiger charge is 2.16. The smallest absolute Gasteiger partial charge is 0.259 e. The highest BCUT2D eigenvalue weighted by Crippen LogP contribution is 2.26. The van der Waals surface area contributed by atoms with Crippen molar-refractivity contribution in [2.24, 2.45) is 5.92 Å². The van der Waals surface area contributed by atoms with Gasteiger partial charge in [0.2, 0.25) is 5.91 Å². The number of hydrogen-bond acceptors (Lipinski definition) is 4. The predicted octanol–water partition coefficient (Wildman–Crippen LogP) is 3.91. The van der Waals surface area contributed by atoms with Crippen LogP contribution in [0.25, 0.3) is 22.0 Å². The summed E-state index contributed by atoms with van der Waals surface area (Å²) >= 11 is 0. The minimum atomic E-state index is -0.409. The van der Waals surface area contributed by atoms with E-state index in [4.69, 9.17) is 4.74 Å². The Bertz CT molecular complexity index is 1190. The van der Waals surface area contributed by atoms with Gasteiger partial charge in [-0.2, -0.15) is 0 Å². The summed E-state index contributed by atoms with van der Waals surface area (Å²) in [7, 11) is 4.03. The number of carbonyl (C=O) groups is 1. The second kappa shape index (κ2) is 10.6. The van der Waals surface area contributed by atoms with Crippen molar-refractivity contribution in [2.45, 2.75) is 33.4 Å². The lowest BCUT2D eigenvalue weighted by Gasteiger charge is -2.18. The average Bonchev–Trinajstić information content (AvgIpc) is 2.73. The number of aromatic nitrogens is 1. The second-order valence-electron chi connectivity index (χ2n) is 9.08. The number of amides is 1.